The van der Waals surface area contributed by atoms with Gasteiger partial charge in [0.2, 0.25) is 10.0 Å². The minimum Gasteiger partial charge on any atom is -0.314 e. The smallest absolute Gasteiger partial charge is 0.243 e. The number of nitrogens with one attached hydrogen (secondary N) is 1. The van der Waals surface area contributed by atoms with Gasteiger partial charge in [-0.25, -0.2) is 8.42 Å². The highest BCUT2D eigenvalue weighted by Gasteiger charge is 2.35. The second-order valence-corrected chi connectivity index (χ2v) is 8.40. The molecule has 0 radical (unpaired) electrons. The molecule has 0 aliphatic carbocycles. The number of hydrogen-bond donors (Lipinski definition) is 1. The fourth-order valence-electron chi connectivity index (χ4n) is 3.03. The van der Waals surface area contributed by atoms with Crippen LogP contribution < -0.4 is 5.32 Å². The molecule has 1 unspecified atom stereocenters. The summed E-state index contributed by atoms with van der Waals surface area (Å²) in [5.74, 6) is 0. The van der Waals surface area contributed by atoms with Crippen LogP contribution in [0.5, 0.6) is 0 Å². The number of benzene rings is 1. The highest BCUT2D eigenvalue weighted by atomic mass is 79.9. The largest absolute Gasteiger partial charge is 0.314 e. The Kier molecular flexibility index (Phi) is 4.66. The van der Waals surface area contributed by atoms with Crippen molar-refractivity contribution < 1.29 is 8.42 Å². The van der Waals surface area contributed by atoms with Crippen molar-refractivity contribution in [2.24, 2.45) is 0 Å². The molecule has 2 heterocycles. The molecule has 1 aromatic carbocycles. The summed E-state index contributed by atoms with van der Waals surface area (Å²) < 4.78 is 27.8. The van der Waals surface area contributed by atoms with Gasteiger partial charge < -0.3 is 5.32 Å². The number of sulfonamides is 1. The van der Waals surface area contributed by atoms with Gasteiger partial charge >= 0.3 is 0 Å². The third-order valence-corrected chi connectivity index (χ3v) is 6.65. The maximum atomic E-state index is 12.7. The quantitative estimate of drug-likeness (QED) is 0.862. The predicted molar refractivity (Wildman–Crippen MR) is 85.7 cm³/mol. The molecule has 2 aliphatic rings. The first-order valence-electron chi connectivity index (χ1n) is 7.28. The van der Waals surface area contributed by atoms with Crippen molar-refractivity contribution >= 4 is 26.0 Å². The third-order valence-electron chi connectivity index (χ3n) is 4.25. The zero-order valence-electron chi connectivity index (χ0n) is 11.8. The van der Waals surface area contributed by atoms with Crippen molar-refractivity contribution in [3.63, 3.8) is 0 Å². The molecule has 1 atom stereocenters. The highest BCUT2D eigenvalue weighted by molar-refractivity contribution is 9.10. The first kappa shape index (κ1) is 15.4. The van der Waals surface area contributed by atoms with E-state index in [0.717, 1.165) is 37.1 Å². The van der Waals surface area contributed by atoms with Crippen molar-refractivity contribution in [3.8, 4) is 0 Å². The third kappa shape index (κ3) is 3.32. The van der Waals surface area contributed by atoms with E-state index in [1.54, 1.807) is 28.6 Å². The number of nitrogens with zero attached hydrogens (tertiary/aromatic N) is 2. The van der Waals surface area contributed by atoms with Crippen LogP contribution in [0.15, 0.2) is 33.6 Å². The van der Waals surface area contributed by atoms with Gasteiger partial charge in [0.05, 0.1) is 4.90 Å². The van der Waals surface area contributed by atoms with E-state index in [0.29, 0.717) is 24.0 Å². The molecule has 0 saturated carbocycles. The zero-order valence-corrected chi connectivity index (χ0v) is 14.2. The fraction of sp³-hybridized carbons (Fsp3) is 0.571. The number of hydrogen-bond acceptors (Lipinski definition) is 4. The summed E-state index contributed by atoms with van der Waals surface area (Å²) in [6, 6.07) is 7.24. The Morgan fingerprint density at radius 3 is 2.43 bits per heavy atom. The molecule has 21 heavy (non-hydrogen) atoms. The summed E-state index contributed by atoms with van der Waals surface area (Å²) in [4.78, 5) is 2.79. The van der Waals surface area contributed by atoms with E-state index in [1.807, 2.05) is 0 Å². The van der Waals surface area contributed by atoms with Crippen molar-refractivity contribution in [3.05, 3.63) is 28.7 Å². The van der Waals surface area contributed by atoms with E-state index in [9.17, 15) is 8.42 Å². The van der Waals surface area contributed by atoms with Gasteiger partial charge in [-0.1, -0.05) is 15.9 Å². The summed E-state index contributed by atoms with van der Waals surface area (Å²) in [7, 11) is -3.36. The summed E-state index contributed by atoms with van der Waals surface area (Å²) in [5.41, 5.74) is 0. The maximum Gasteiger partial charge on any atom is 0.243 e. The Hall–Kier alpha value is -0.470. The number of rotatable bonds is 3. The van der Waals surface area contributed by atoms with E-state index in [2.05, 4.69) is 26.1 Å². The first-order chi connectivity index (χ1) is 10.1. The fourth-order valence-corrected chi connectivity index (χ4v) is 4.79. The van der Waals surface area contributed by atoms with E-state index < -0.39 is 10.0 Å². The van der Waals surface area contributed by atoms with Gasteiger partial charge in [-0.3, -0.25) is 4.90 Å². The van der Waals surface area contributed by atoms with Gasteiger partial charge in [-0.2, -0.15) is 4.31 Å². The highest BCUT2D eigenvalue weighted by Crippen LogP contribution is 2.24. The summed E-state index contributed by atoms with van der Waals surface area (Å²) in [5, 5.41) is 3.33. The van der Waals surface area contributed by atoms with Crippen molar-refractivity contribution in [2.75, 3.05) is 39.3 Å². The van der Waals surface area contributed by atoms with Crippen LogP contribution in [0.3, 0.4) is 0 Å². The van der Waals surface area contributed by atoms with Crippen molar-refractivity contribution in [1.29, 1.82) is 0 Å². The minimum atomic E-state index is -3.36. The lowest BCUT2D eigenvalue weighted by Gasteiger charge is -2.32. The number of halogens is 1. The molecule has 2 fully saturated rings. The van der Waals surface area contributed by atoms with Gasteiger partial charge in [-0.05, 0) is 30.7 Å². The maximum absolute atomic E-state index is 12.7. The molecule has 7 heteroatoms. The average Bonchev–Trinajstić information content (AvgIpc) is 2.99. The molecule has 116 valence electrons. The van der Waals surface area contributed by atoms with Crippen LogP contribution in [0.1, 0.15) is 6.42 Å². The Balaban J connectivity index is 1.71. The van der Waals surface area contributed by atoms with Gasteiger partial charge in [0.25, 0.3) is 0 Å². The number of piperazine rings is 1. The molecule has 5 nitrogen and oxygen atoms in total. The van der Waals surface area contributed by atoms with Gasteiger partial charge in [0.15, 0.2) is 0 Å². The van der Waals surface area contributed by atoms with E-state index in [1.165, 1.54) is 0 Å². The zero-order chi connectivity index (χ0) is 14.9. The normalized spacial score (nSPS) is 25.3. The van der Waals surface area contributed by atoms with Gasteiger partial charge in [0.1, 0.15) is 0 Å². The Morgan fingerprint density at radius 2 is 1.76 bits per heavy atom. The minimum absolute atomic E-state index is 0.359. The second-order valence-electron chi connectivity index (χ2n) is 5.55. The Bertz CT molecular complexity index is 585. The average molecular weight is 374 g/mol. The van der Waals surface area contributed by atoms with Crippen LogP contribution in [0.25, 0.3) is 0 Å². The van der Waals surface area contributed by atoms with Crippen LogP contribution in [0, 0.1) is 0 Å². The summed E-state index contributed by atoms with van der Waals surface area (Å²) >= 11 is 3.34. The SMILES string of the molecule is O=S(=O)(c1ccc(Br)cc1)N1CCC(N2CCNCC2)C1. The van der Waals surface area contributed by atoms with Crippen LogP contribution in [0.4, 0.5) is 0 Å². The lowest BCUT2D eigenvalue weighted by molar-refractivity contribution is 0.179. The van der Waals surface area contributed by atoms with E-state index >= 15 is 0 Å². The predicted octanol–water partition coefficient (Wildman–Crippen LogP) is 1.12. The molecule has 3 rings (SSSR count). The summed E-state index contributed by atoms with van der Waals surface area (Å²) in [6.45, 7) is 5.24. The molecule has 0 aromatic heterocycles. The monoisotopic (exact) mass is 373 g/mol. The van der Waals surface area contributed by atoms with Crippen LogP contribution >= 0.6 is 15.9 Å². The van der Waals surface area contributed by atoms with Crippen molar-refractivity contribution in [2.45, 2.75) is 17.4 Å². The molecule has 0 amide bonds. The molecule has 1 aromatic rings. The molecular weight excluding hydrogens is 354 g/mol. The lowest BCUT2D eigenvalue weighted by atomic mass is 10.2. The van der Waals surface area contributed by atoms with Gasteiger partial charge in [-0.15, -0.1) is 0 Å². The molecule has 2 saturated heterocycles. The molecule has 1 N–H and O–H groups in total. The second kappa shape index (κ2) is 6.34. The summed E-state index contributed by atoms with van der Waals surface area (Å²) in [6.07, 6.45) is 0.926. The molecular formula is C14H20BrN3O2S. The standard InChI is InChI=1S/C14H20BrN3O2S/c15-12-1-3-14(4-2-12)21(19,20)18-8-5-13(11-18)17-9-6-16-7-10-17/h1-4,13,16H,5-11H2. The Labute approximate surface area is 134 Å². The first-order valence-corrected chi connectivity index (χ1v) is 9.51. The Morgan fingerprint density at radius 1 is 1.10 bits per heavy atom. The van der Waals surface area contributed by atoms with E-state index in [4.69, 9.17) is 0 Å². The topological polar surface area (TPSA) is 52.7 Å². The molecule has 0 spiro atoms. The lowest BCUT2D eigenvalue weighted by Crippen LogP contribution is -2.49. The molecule has 2 aliphatic heterocycles. The van der Waals surface area contributed by atoms with Crippen LogP contribution in [-0.2, 0) is 10.0 Å². The van der Waals surface area contributed by atoms with Crippen LogP contribution in [0.2, 0.25) is 0 Å². The van der Waals surface area contributed by atoms with E-state index in [-0.39, 0.29) is 0 Å². The van der Waals surface area contributed by atoms with Crippen LogP contribution in [-0.4, -0.2) is 62.9 Å². The van der Waals surface area contributed by atoms with Gasteiger partial charge in [0, 0.05) is 49.8 Å². The molecule has 0 bridgehead atoms. The van der Waals surface area contributed by atoms with Crippen molar-refractivity contribution in [1.82, 2.24) is 14.5 Å².